The Balaban J connectivity index is 0.000000155. The van der Waals surface area contributed by atoms with Crippen molar-refractivity contribution in [3.05, 3.63) is 54.9 Å². The molecule has 11 rings (SSSR count). The van der Waals surface area contributed by atoms with Crippen molar-refractivity contribution < 1.29 is 79.3 Å². The molecule has 38 heteroatoms. The molecule has 0 saturated carbocycles. The fourth-order valence-electron chi connectivity index (χ4n) is 8.29. The van der Waals surface area contributed by atoms with Crippen LogP contribution in [0, 0.1) is 5.92 Å². The number of aromatic nitrogens is 16. The fraction of sp³-hybridized carbons (Fsp3) is 0.432. The monoisotopic (exact) mass is 1150 g/mol. The molecule has 0 spiro atoms. The number of hydrazine groups is 1. The first-order chi connectivity index (χ1) is 39.2. The number of nitrogens with two attached hydrogens (primary N) is 4. The summed E-state index contributed by atoms with van der Waals surface area (Å²) >= 11 is 0. The van der Waals surface area contributed by atoms with Gasteiger partial charge in [0.25, 0.3) is 17.8 Å². The van der Waals surface area contributed by atoms with Crippen LogP contribution in [0.1, 0.15) is 53.2 Å². The second-order valence-corrected chi connectivity index (χ2v) is 18.2. The zero-order valence-electron chi connectivity index (χ0n) is 43.2. The lowest BCUT2D eigenvalue weighted by Crippen LogP contribution is -2.33. The van der Waals surface area contributed by atoms with Crippen molar-refractivity contribution in [2.75, 3.05) is 49.5 Å². The number of hydrogen-bond donors (Lipinski definition) is 15. The summed E-state index contributed by atoms with van der Waals surface area (Å²) in [5.41, 5.74) is 22.2. The van der Waals surface area contributed by atoms with E-state index in [1.807, 2.05) is 0 Å². The number of aldehydes is 2. The highest BCUT2D eigenvalue weighted by Gasteiger charge is 2.46. The van der Waals surface area contributed by atoms with E-state index in [0.717, 1.165) is 0 Å². The number of carbonyl (C=O) groups excluding carboxylic acids is 4. The third-order valence-corrected chi connectivity index (χ3v) is 12.7. The average Bonchev–Trinajstić information content (AvgIpc) is 4.46. The van der Waals surface area contributed by atoms with Gasteiger partial charge in [-0.3, -0.25) is 28.7 Å². The van der Waals surface area contributed by atoms with Gasteiger partial charge in [0.15, 0.2) is 58.9 Å². The number of Topliss-reactive ketones (excluding diaryl/α,β-unsaturated/α-hetero) is 1. The number of nitrogens with one attached hydrogen (secondary N) is 2. The van der Waals surface area contributed by atoms with Gasteiger partial charge in [-0.05, 0) is 13.8 Å². The Labute approximate surface area is 458 Å². The molecule has 0 bridgehead atoms. The maximum absolute atomic E-state index is 11.7. The van der Waals surface area contributed by atoms with E-state index in [1.165, 1.54) is 80.8 Å². The molecule has 8 aromatic heterocycles. The van der Waals surface area contributed by atoms with Gasteiger partial charge in [0.2, 0.25) is 5.95 Å². The number of imidazole rings is 3. The molecule has 3 aliphatic rings. The summed E-state index contributed by atoms with van der Waals surface area (Å²) in [6, 6.07) is 0. The molecule has 8 aromatic rings. The van der Waals surface area contributed by atoms with Gasteiger partial charge in [0.1, 0.15) is 84.1 Å². The smallest absolute Gasteiger partial charge is 0.254 e. The highest BCUT2D eigenvalue weighted by atomic mass is 16.6. The second kappa shape index (κ2) is 24.9. The number of rotatable bonds is 13. The molecule has 3 fully saturated rings. The van der Waals surface area contributed by atoms with Crippen LogP contribution < -0.4 is 33.8 Å². The van der Waals surface area contributed by atoms with Gasteiger partial charge in [0.05, 0.1) is 68.2 Å². The van der Waals surface area contributed by atoms with Gasteiger partial charge in [-0.15, -0.1) is 0 Å². The van der Waals surface area contributed by atoms with Crippen molar-refractivity contribution >= 4 is 81.2 Å². The lowest BCUT2D eigenvalue weighted by atomic mass is 10.1. The Morgan fingerprint density at radius 2 is 0.963 bits per heavy atom. The number of fused-ring (bicyclic) bond motifs is 3. The first-order valence-electron chi connectivity index (χ1n) is 24.3. The number of ether oxygens (including phenoxy) is 3. The summed E-state index contributed by atoms with van der Waals surface area (Å²) < 4.78 is 23.2. The Morgan fingerprint density at radius 3 is 1.28 bits per heavy atom. The molecule has 3 saturated heterocycles. The van der Waals surface area contributed by atoms with E-state index < -0.39 is 99.4 Å². The van der Waals surface area contributed by atoms with Crippen LogP contribution in [-0.2, 0) is 23.8 Å². The minimum atomic E-state index is -1.31. The first-order valence-corrected chi connectivity index (χ1v) is 24.3. The molecular weight excluding hydrogens is 1090 g/mol. The zero-order valence-corrected chi connectivity index (χ0v) is 43.2. The van der Waals surface area contributed by atoms with E-state index in [-0.39, 0.29) is 75.0 Å². The molecule has 3 aliphatic heterocycles. The summed E-state index contributed by atoms with van der Waals surface area (Å²) in [5, 5.41) is 98.5. The van der Waals surface area contributed by atoms with Crippen molar-refractivity contribution in [3.8, 4) is 11.9 Å². The Bertz CT molecular complexity index is 3560. The van der Waals surface area contributed by atoms with Gasteiger partial charge in [-0.2, -0.15) is 40.1 Å². The molecule has 0 aliphatic carbocycles. The molecule has 82 heavy (non-hydrogen) atoms. The number of aliphatic hydroxyl groups excluding tert-OH is 9. The van der Waals surface area contributed by atoms with E-state index in [1.54, 1.807) is 6.92 Å². The molecule has 12 atom stereocenters. The topological polar surface area (TPSA) is 573 Å². The van der Waals surface area contributed by atoms with Crippen LogP contribution in [0.4, 0.5) is 23.4 Å². The Morgan fingerprint density at radius 1 is 0.598 bits per heavy atom. The minimum Gasteiger partial charge on any atom is -0.394 e. The first kappa shape index (κ1) is 59.4. The normalized spacial score (nSPS) is 24.9. The van der Waals surface area contributed by atoms with Gasteiger partial charge in [-0.25, -0.2) is 30.2 Å². The van der Waals surface area contributed by atoms with Crippen molar-refractivity contribution in [1.82, 2.24) is 83.4 Å². The van der Waals surface area contributed by atoms with Crippen LogP contribution in [0.5, 0.6) is 0 Å². The number of aliphatic hydroxyl groups is 9. The highest BCUT2D eigenvalue weighted by molar-refractivity contribution is 5.94. The summed E-state index contributed by atoms with van der Waals surface area (Å²) in [6.07, 6.45) is -2.48. The number of amides is 1. The van der Waals surface area contributed by atoms with Crippen molar-refractivity contribution in [1.29, 1.82) is 0 Å². The van der Waals surface area contributed by atoms with E-state index in [9.17, 15) is 60.0 Å². The maximum Gasteiger partial charge on any atom is 0.254 e. The molecule has 38 nitrogen and oxygen atoms in total. The van der Waals surface area contributed by atoms with E-state index in [0.29, 0.717) is 29.2 Å². The van der Waals surface area contributed by atoms with E-state index in [2.05, 4.69) is 65.8 Å². The second-order valence-electron chi connectivity index (χ2n) is 18.2. The molecule has 0 aromatic carbocycles. The van der Waals surface area contributed by atoms with Crippen LogP contribution in [0.15, 0.2) is 43.8 Å². The molecular formula is C44H56N22O16. The molecule has 6 unspecified atom stereocenters. The summed E-state index contributed by atoms with van der Waals surface area (Å²) in [5.74, 6) is 4.84. The molecule has 1 amide bonds. The van der Waals surface area contributed by atoms with E-state index >= 15 is 0 Å². The van der Waals surface area contributed by atoms with Gasteiger partial charge < -0.3 is 92.3 Å². The largest absolute Gasteiger partial charge is 0.394 e. The summed E-state index contributed by atoms with van der Waals surface area (Å²) in [4.78, 5) is 79.5. The molecule has 11 heterocycles. The highest BCUT2D eigenvalue weighted by Crippen LogP contribution is 2.35. The average molecular weight is 1150 g/mol. The third kappa shape index (κ3) is 11.6. The number of anilines is 4. The standard InChI is InChI=1S/C15H18N8O5.C15H17N7O5.C10H15N7O4.C4H6O2/c1-17-13(27)6-2-19-23(3-6)15-20-11(16)8-12(21-15)22(5-18-8)14-10(26)9(25)7(4-24)28-14;1-6(24)7-2-18-22(3-7)15-19-12(16)9-13(20-15)21(5-17-9)14-11(26)10(25)8(4-23)27-14;11-7-4-8(15-10(14-7)16-12)17(2-13-4)9-6(20)5(19)3(1-18)21-9;1-4(2-5)3-6/h2-3,5,7,9-10,14,24-26H,4H2,1H3,(H,17,27)(H2,16,20,21);2-3,5,8,10-11,14,23,25-26H,4H2,1H3,(H2,16,19,20);2-3,5-6,9,18-20H,1,12H2,(H3,11,14,15,16);2-4H,1H3/t7?,9-,10-,14?;8?,10-,11-,14?;3?,5-,6-,9?;/m111./s1. The van der Waals surface area contributed by atoms with Crippen LogP contribution in [0.25, 0.3) is 45.4 Å². The third-order valence-electron chi connectivity index (χ3n) is 12.7. The fourth-order valence-corrected chi connectivity index (χ4v) is 8.29. The predicted molar refractivity (Wildman–Crippen MR) is 275 cm³/mol. The van der Waals surface area contributed by atoms with Crippen LogP contribution in [0.2, 0.25) is 0 Å². The number of carbonyl (C=O) groups is 4. The lowest BCUT2D eigenvalue weighted by molar-refractivity contribution is -0.118. The zero-order chi connectivity index (χ0) is 59.4. The quantitative estimate of drug-likeness (QED) is 0.0168. The van der Waals surface area contributed by atoms with Gasteiger partial charge in [-0.1, -0.05) is 0 Å². The predicted octanol–water partition coefficient (Wildman–Crippen LogP) is -6.70. The minimum absolute atomic E-state index is 0.0579. The van der Waals surface area contributed by atoms with Crippen LogP contribution >= 0.6 is 0 Å². The number of nitrogens with zero attached hydrogens (tertiary/aromatic N) is 16. The molecule has 438 valence electrons. The SMILES string of the molecule is CC(=O)c1cnn(-c2nc(N)c3ncn(C4OC(CO)[C@@H](O)[C@H]4O)c3n2)c1.CC(C=O)C=O.CNC(=O)c1cnn(-c2nc(N)c3ncn(C4OC(CO)[C@@H](O)[C@H]4O)c3n2)c1.NNc1nc(N)c2ncn(C3OC(CO)[C@@H](O)[C@H]3O)c2n1. The number of ketones is 1. The summed E-state index contributed by atoms with van der Waals surface area (Å²) in [6.45, 7) is 1.62. The molecule has 19 N–H and O–H groups in total. The Kier molecular flexibility index (Phi) is 18.0. The summed E-state index contributed by atoms with van der Waals surface area (Å²) in [7, 11) is 1.50. The Hall–Kier alpha value is -8.77. The van der Waals surface area contributed by atoms with E-state index in [4.69, 9.17) is 42.4 Å². The van der Waals surface area contributed by atoms with Crippen molar-refractivity contribution in [3.63, 3.8) is 0 Å². The van der Waals surface area contributed by atoms with Crippen molar-refractivity contribution in [2.24, 2.45) is 11.8 Å². The number of nitrogen functional groups attached to an aromatic ring is 4. The van der Waals surface area contributed by atoms with Crippen molar-refractivity contribution in [2.45, 2.75) is 87.5 Å². The van der Waals surface area contributed by atoms with Crippen LogP contribution in [-0.4, -0.2) is 230 Å². The van der Waals surface area contributed by atoms with Crippen LogP contribution in [0.3, 0.4) is 0 Å². The van der Waals surface area contributed by atoms with Gasteiger partial charge >= 0.3 is 0 Å². The maximum atomic E-state index is 11.7. The number of hydrogen-bond acceptors (Lipinski definition) is 32. The molecule has 0 radical (unpaired) electrons. The lowest BCUT2D eigenvalue weighted by Gasteiger charge is -2.16. The van der Waals surface area contributed by atoms with Gasteiger partial charge in [0, 0.05) is 19.4 Å².